The first-order valence-electron chi connectivity index (χ1n) is 17.5. The van der Waals surface area contributed by atoms with Gasteiger partial charge >= 0.3 is 0 Å². The Morgan fingerprint density at radius 2 is 1.62 bits per heavy atom. The van der Waals surface area contributed by atoms with Gasteiger partial charge in [0, 0.05) is 53.3 Å². The molecule has 7 nitrogen and oxygen atoms in total. The van der Waals surface area contributed by atoms with E-state index in [-0.39, 0.29) is 29.6 Å². The fourth-order valence-electron chi connectivity index (χ4n) is 5.91. The number of rotatable bonds is 16. The van der Waals surface area contributed by atoms with Gasteiger partial charge in [0.25, 0.3) is 0 Å². The van der Waals surface area contributed by atoms with Gasteiger partial charge in [0.15, 0.2) is 11.6 Å². The van der Waals surface area contributed by atoms with Crippen LogP contribution in [0.3, 0.4) is 0 Å². The second kappa shape index (κ2) is 17.0. The Kier molecular flexibility index (Phi) is 12.5. The van der Waals surface area contributed by atoms with Crippen LogP contribution in [-0.4, -0.2) is 47.4 Å². The van der Waals surface area contributed by atoms with Gasteiger partial charge in [0.2, 0.25) is 5.91 Å². The van der Waals surface area contributed by atoms with Crippen LogP contribution in [0.4, 0.5) is 0 Å². The molecule has 1 amide bonds. The number of carbonyl (C=O) groups is 2. The number of aromatic nitrogens is 2. The molecule has 3 heterocycles. The van der Waals surface area contributed by atoms with Crippen LogP contribution in [0.25, 0.3) is 22.5 Å². The van der Waals surface area contributed by atoms with Gasteiger partial charge in [-0.15, -0.1) is 11.3 Å². The molecule has 254 valence electrons. The number of carbonyl (C=O) groups excluding carboxylic acids is 2. The number of unbranched alkanes of at least 4 members (excludes halogenated alkanes) is 4. The third-order valence-electron chi connectivity index (χ3n) is 8.88. The molecule has 0 radical (unpaired) electrons. The normalized spacial score (nSPS) is 15.3. The maximum atomic E-state index is 13.5. The summed E-state index contributed by atoms with van der Waals surface area (Å²) < 4.78 is 5.91. The molecular formula is C40H50N4O3S. The Labute approximate surface area is 290 Å². The third-order valence-corrected chi connectivity index (χ3v) is 10.4. The number of nitrogens with one attached hydrogen (secondary N) is 2. The molecule has 2 aromatic heterocycles. The molecule has 1 aliphatic rings. The second-order valence-corrected chi connectivity index (χ2v) is 15.0. The lowest BCUT2D eigenvalue weighted by atomic mass is 9.92. The van der Waals surface area contributed by atoms with Crippen molar-refractivity contribution in [3.63, 3.8) is 0 Å². The summed E-state index contributed by atoms with van der Waals surface area (Å²) in [6.45, 7) is 11.1. The first-order valence-corrected chi connectivity index (χ1v) is 18.3. The molecule has 5 rings (SSSR count). The summed E-state index contributed by atoms with van der Waals surface area (Å²) in [6, 6.07) is 20.1. The van der Waals surface area contributed by atoms with E-state index in [4.69, 9.17) is 4.74 Å². The molecule has 2 N–H and O–H groups in total. The summed E-state index contributed by atoms with van der Waals surface area (Å²) in [5.74, 6) is 1.02. The number of hydrogen-bond acceptors (Lipinski definition) is 7. The monoisotopic (exact) mass is 666 g/mol. The van der Waals surface area contributed by atoms with Crippen LogP contribution in [0.2, 0.25) is 0 Å². The average molecular weight is 667 g/mol. The van der Waals surface area contributed by atoms with Gasteiger partial charge < -0.3 is 15.4 Å². The third kappa shape index (κ3) is 10.1. The summed E-state index contributed by atoms with van der Waals surface area (Å²) in [4.78, 5) is 38.0. The number of thiophene rings is 1. The minimum absolute atomic E-state index is 0.0188. The fourth-order valence-corrected chi connectivity index (χ4v) is 6.92. The molecule has 0 spiro atoms. The number of nitrogens with zero attached hydrogens (tertiary/aromatic N) is 2. The zero-order valence-corrected chi connectivity index (χ0v) is 29.7. The van der Waals surface area contributed by atoms with Crippen LogP contribution in [0.15, 0.2) is 73.1 Å². The SMILES string of the molecule is CCCCCCCOc1ccc(-c2cnc(-c3ccc(C[C@H](CC(=O)c4ccc(C(C)(C)C)s4)C(=O)NC4CCNC4)cc3)nc2)cc1. The number of ether oxygens (including phenoxy) is 1. The van der Waals surface area contributed by atoms with Crippen LogP contribution in [-0.2, 0) is 16.6 Å². The van der Waals surface area contributed by atoms with E-state index in [1.807, 2.05) is 73.1 Å². The van der Waals surface area contributed by atoms with Gasteiger partial charge in [-0.05, 0) is 66.6 Å². The predicted molar refractivity (Wildman–Crippen MR) is 196 cm³/mol. The summed E-state index contributed by atoms with van der Waals surface area (Å²) in [5.41, 5.74) is 3.86. The molecule has 1 fully saturated rings. The lowest BCUT2D eigenvalue weighted by Gasteiger charge is -2.19. The van der Waals surface area contributed by atoms with Gasteiger partial charge in [-0.1, -0.05) is 89.8 Å². The van der Waals surface area contributed by atoms with E-state index in [2.05, 4.69) is 48.3 Å². The Balaban J connectivity index is 1.20. The van der Waals surface area contributed by atoms with E-state index in [1.165, 1.54) is 41.9 Å². The Morgan fingerprint density at radius 1 is 0.917 bits per heavy atom. The lowest BCUT2D eigenvalue weighted by Crippen LogP contribution is -2.41. The van der Waals surface area contributed by atoms with Crippen LogP contribution < -0.4 is 15.4 Å². The van der Waals surface area contributed by atoms with Crippen LogP contribution >= 0.6 is 11.3 Å². The zero-order chi connectivity index (χ0) is 33.9. The Hall–Kier alpha value is -3.88. The summed E-state index contributed by atoms with van der Waals surface area (Å²) >= 11 is 1.53. The highest BCUT2D eigenvalue weighted by atomic mass is 32.1. The van der Waals surface area contributed by atoms with Gasteiger partial charge in [0.05, 0.1) is 11.5 Å². The van der Waals surface area contributed by atoms with E-state index >= 15 is 0 Å². The quantitative estimate of drug-likeness (QED) is 0.0921. The van der Waals surface area contributed by atoms with Crippen LogP contribution in [0.1, 0.15) is 92.8 Å². The standard InChI is InChI=1S/C40H50N4O3S/c1-5-6-7-8-9-22-47-34-16-14-29(15-17-34)32-25-42-38(43-26-32)30-12-10-28(11-13-30)23-31(39(46)44-33-20-21-41-27-33)24-35(45)36-18-19-37(48-36)40(2,3)4/h10-19,25-26,31,33,41H,5-9,20-24,27H2,1-4H3,(H,44,46)/t31-,33?/m1/s1. The van der Waals surface area contributed by atoms with Crippen molar-refractivity contribution in [1.82, 2.24) is 20.6 Å². The second-order valence-electron chi connectivity index (χ2n) is 13.9. The summed E-state index contributed by atoms with van der Waals surface area (Å²) in [6.07, 6.45) is 11.4. The number of benzene rings is 2. The van der Waals surface area contributed by atoms with Crippen molar-refractivity contribution in [3.05, 3.63) is 88.4 Å². The average Bonchev–Trinajstić information content (AvgIpc) is 3.80. The first-order chi connectivity index (χ1) is 23.2. The van der Waals surface area contributed by atoms with E-state index in [0.29, 0.717) is 17.1 Å². The summed E-state index contributed by atoms with van der Waals surface area (Å²) in [7, 11) is 0. The molecule has 0 bridgehead atoms. The topological polar surface area (TPSA) is 93.2 Å². The van der Waals surface area contributed by atoms with E-state index in [1.54, 1.807) is 0 Å². The maximum Gasteiger partial charge on any atom is 0.224 e. The van der Waals surface area contributed by atoms with Gasteiger partial charge in [-0.2, -0.15) is 0 Å². The molecule has 1 unspecified atom stereocenters. The van der Waals surface area contributed by atoms with Gasteiger partial charge in [-0.25, -0.2) is 9.97 Å². The van der Waals surface area contributed by atoms with Crippen molar-refractivity contribution in [1.29, 1.82) is 0 Å². The molecule has 4 aromatic rings. The fraction of sp³-hybridized carbons (Fsp3) is 0.450. The van der Waals surface area contributed by atoms with Crippen molar-refractivity contribution >= 4 is 23.0 Å². The van der Waals surface area contributed by atoms with Crippen molar-refractivity contribution in [2.45, 2.75) is 90.5 Å². The predicted octanol–water partition coefficient (Wildman–Crippen LogP) is 8.43. The van der Waals surface area contributed by atoms with Crippen molar-refractivity contribution < 1.29 is 14.3 Å². The minimum atomic E-state index is -0.456. The number of ketones is 1. The van der Waals surface area contributed by atoms with Crippen LogP contribution in [0, 0.1) is 5.92 Å². The molecule has 0 saturated carbocycles. The smallest absolute Gasteiger partial charge is 0.224 e. The highest BCUT2D eigenvalue weighted by Crippen LogP contribution is 2.31. The molecule has 1 aliphatic heterocycles. The molecular weight excluding hydrogens is 617 g/mol. The largest absolute Gasteiger partial charge is 0.494 e. The van der Waals surface area contributed by atoms with E-state index in [9.17, 15) is 9.59 Å². The molecule has 2 atom stereocenters. The summed E-state index contributed by atoms with van der Waals surface area (Å²) in [5, 5.41) is 6.49. The minimum Gasteiger partial charge on any atom is -0.494 e. The maximum absolute atomic E-state index is 13.5. The van der Waals surface area contributed by atoms with E-state index < -0.39 is 5.92 Å². The Bertz CT molecular complexity index is 1600. The highest BCUT2D eigenvalue weighted by Gasteiger charge is 2.27. The van der Waals surface area contributed by atoms with Crippen molar-refractivity contribution in [3.8, 4) is 28.3 Å². The van der Waals surface area contributed by atoms with E-state index in [0.717, 1.165) is 60.5 Å². The lowest BCUT2D eigenvalue weighted by molar-refractivity contribution is -0.125. The zero-order valence-electron chi connectivity index (χ0n) is 28.9. The first kappa shape index (κ1) is 35.4. The van der Waals surface area contributed by atoms with Crippen LogP contribution in [0.5, 0.6) is 5.75 Å². The molecule has 8 heteroatoms. The van der Waals surface area contributed by atoms with Crippen molar-refractivity contribution in [2.24, 2.45) is 5.92 Å². The molecule has 48 heavy (non-hydrogen) atoms. The number of hydrogen-bond donors (Lipinski definition) is 2. The van der Waals surface area contributed by atoms with Gasteiger partial charge in [0.1, 0.15) is 5.75 Å². The highest BCUT2D eigenvalue weighted by molar-refractivity contribution is 7.14. The molecule has 0 aliphatic carbocycles. The van der Waals surface area contributed by atoms with Crippen molar-refractivity contribution in [2.75, 3.05) is 19.7 Å². The molecule has 1 saturated heterocycles. The number of Topliss-reactive ketones (excluding diaryl/α,β-unsaturated/α-hetero) is 1. The number of amides is 1. The molecule has 2 aromatic carbocycles. The Morgan fingerprint density at radius 3 is 2.27 bits per heavy atom. The van der Waals surface area contributed by atoms with Gasteiger partial charge in [-0.3, -0.25) is 9.59 Å².